The summed E-state index contributed by atoms with van der Waals surface area (Å²) in [6.45, 7) is 3.90. The largest absolute Gasteiger partial charge is 0.393 e. The number of hydrogen-bond acceptors (Lipinski definition) is 4. The van der Waals surface area contributed by atoms with Crippen molar-refractivity contribution in [1.82, 2.24) is 15.1 Å². The maximum atomic E-state index is 13.3. The quantitative estimate of drug-likeness (QED) is 0.741. The van der Waals surface area contributed by atoms with E-state index in [1.807, 2.05) is 9.80 Å². The van der Waals surface area contributed by atoms with Gasteiger partial charge < -0.3 is 25.0 Å². The fourth-order valence-corrected chi connectivity index (χ4v) is 6.84. The number of hydrogen-bond donors (Lipinski definition) is 2. The molecule has 28 heavy (non-hydrogen) atoms. The van der Waals surface area contributed by atoms with E-state index in [-0.39, 0.29) is 29.5 Å². The van der Waals surface area contributed by atoms with Gasteiger partial charge in [0.1, 0.15) is 0 Å². The number of carbonyl (C=O) groups excluding carboxylic acids is 2. The number of carbonyl (C=O) groups is 2. The van der Waals surface area contributed by atoms with Gasteiger partial charge in [-0.15, -0.1) is 0 Å². The number of ether oxygens (including phenoxy) is 1. The summed E-state index contributed by atoms with van der Waals surface area (Å²) in [6.07, 6.45) is 6.53. The molecule has 3 atom stereocenters. The molecule has 0 spiro atoms. The van der Waals surface area contributed by atoms with Crippen molar-refractivity contribution in [3.05, 3.63) is 0 Å². The molecular weight excluding hydrogens is 358 g/mol. The Bertz CT molecular complexity index is 619. The smallest absolute Gasteiger partial charge is 0.320 e. The Morgan fingerprint density at radius 3 is 2.43 bits per heavy atom. The zero-order valence-electron chi connectivity index (χ0n) is 16.6. The summed E-state index contributed by atoms with van der Waals surface area (Å²) in [5.41, 5.74) is -0.272. The van der Waals surface area contributed by atoms with Crippen LogP contribution in [-0.4, -0.2) is 78.4 Å². The Labute approximate surface area is 166 Å². The molecule has 2 N–H and O–H groups in total. The number of morpholine rings is 1. The summed E-state index contributed by atoms with van der Waals surface area (Å²) in [7, 11) is 0. The first-order valence-electron chi connectivity index (χ1n) is 11.1. The number of rotatable bonds is 2. The number of amides is 3. The zero-order valence-corrected chi connectivity index (χ0v) is 16.6. The van der Waals surface area contributed by atoms with Gasteiger partial charge in [-0.25, -0.2) is 4.79 Å². The van der Waals surface area contributed by atoms with E-state index in [1.54, 1.807) is 0 Å². The van der Waals surface area contributed by atoms with E-state index in [2.05, 4.69) is 5.32 Å². The summed E-state index contributed by atoms with van der Waals surface area (Å²) in [5, 5.41) is 13.8. The molecule has 2 saturated heterocycles. The molecule has 2 unspecified atom stereocenters. The third-order valence-corrected chi connectivity index (χ3v) is 8.01. The Kier molecular flexibility index (Phi) is 4.78. The van der Waals surface area contributed by atoms with Gasteiger partial charge in [-0.3, -0.25) is 4.79 Å². The number of nitrogens with zero attached hydrogens (tertiary/aromatic N) is 2. The minimum absolute atomic E-state index is 0.0455. The van der Waals surface area contributed by atoms with Crippen LogP contribution in [0.15, 0.2) is 0 Å². The number of aliphatic hydroxyl groups excluding tert-OH is 1. The highest BCUT2D eigenvalue weighted by Crippen LogP contribution is 2.60. The lowest BCUT2D eigenvalue weighted by atomic mass is 9.48. The number of urea groups is 1. The van der Waals surface area contributed by atoms with Gasteiger partial charge >= 0.3 is 6.03 Å². The van der Waals surface area contributed by atoms with Crippen LogP contribution < -0.4 is 5.32 Å². The van der Waals surface area contributed by atoms with Gasteiger partial charge in [0.2, 0.25) is 5.91 Å². The molecule has 156 valence electrons. The van der Waals surface area contributed by atoms with Crippen molar-refractivity contribution in [3.63, 3.8) is 0 Å². The number of likely N-dealkylation sites (tertiary alicyclic amines) is 1. The Morgan fingerprint density at radius 2 is 1.71 bits per heavy atom. The molecule has 0 aromatic carbocycles. The van der Waals surface area contributed by atoms with E-state index < -0.39 is 0 Å². The summed E-state index contributed by atoms with van der Waals surface area (Å²) < 4.78 is 5.35. The number of aliphatic hydroxyl groups is 1. The van der Waals surface area contributed by atoms with Gasteiger partial charge in [0.25, 0.3) is 0 Å². The second-order valence-electron chi connectivity index (χ2n) is 9.88. The molecular formula is C21H33N3O4. The van der Waals surface area contributed by atoms with E-state index >= 15 is 0 Å². The second kappa shape index (κ2) is 7.17. The first-order chi connectivity index (χ1) is 13.5. The summed E-state index contributed by atoms with van der Waals surface area (Å²) in [5.74, 6) is 1.41. The van der Waals surface area contributed by atoms with Crippen LogP contribution in [-0.2, 0) is 9.53 Å². The normalized spacial score (nSPS) is 42.5. The van der Waals surface area contributed by atoms with E-state index in [0.29, 0.717) is 50.6 Å². The molecule has 2 heterocycles. The fourth-order valence-electron chi connectivity index (χ4n) is 6.84. The van der Waals surface area contributed by atoms with Crippen LogP contribution in [0.2, 0.25) is 0 Å². The van der Waals surface area contributed by atoms with E-state index in [1.165, 1.54) is 0 Å². The zero-order chi connectivity index (χ0) is 19.3. The van der Waals surface area contributed by atoms with Gasteiger partial charge in [-0.1, -0.05) is 0 Å². The van der Waals surface area contributed by atoms with Crippen molar-refractivity contribution in [2.24, 2.45) is 23.2 Å². The Hall–Kier alpha value is -1.34. The second-order valence-corrected chi connectivity index (χ2v) is 9.88. The standard InChI is InChI=1S/C21H33N3O4/c25-18-15-8-14-9-16(18)12-21(10-14,11-15)19(26)22-17-2-1-3-24(13-17)20(27)23-4-6-28-7-5-23/h14-18,25H,1-13H2,(H,22,26)/t14?,15?,16?,17-,18?,21?/m0/s1. The van der Waals surface area contributed by atoms with Gasteiger partial charge in [-0.2, -0.15) is 0 Å². The molecule has 0 radical (unpaired) electrons. The van der Waals surface area contributed by atoms with Crippen LogP contribution in [0.4, 0.5) is 4.79 Å². The third kappa shape index (κ3) is 3.20. The highest BCUT2D eigenvalue weighted by atomic mass is 16.5. The Morgan fingerprint density at radius 1 is 1.00 bits per heavy atom. The van der Waals surface area contributed by atoms with Crippen LogP contribution in [0.5, 0.6) is 0 Å². The van der Waals surface area contributed by atoms with Crippen molar-refractivity contribution < 1.29 is 19.4 Å². The molecule has 0 aromatic heterocycles. The van der Waals surface area contributed by atoms with E-state index in [0.717, 1.165) is 51.5 Å². The Balaban J connectivity index is 1.21. The summed E-state index contributed by atoms with van der Waals surface area (Å²) >= 11 is 0. The van der Waals surface area contributed by atoms with Gasteiger partial charge in [-0.05, 0) is 62.7 Å². The van der Waals surface area contributed by atoms with Crippen molar-refractivity contribution in [3.8, 4) is 0 Å². The van der Waals surface area contributed by atoms with Crippen molar-refractivity contribution in [2.75, 3.05) is 39.4 Å². The van der Waals surface area contributed by atoms with Gasteiger partial charge in [0.15, 0.2) is 0 Å². The topological polar surface area (TPSA) is 82.1 Å². The van der Waals surface area contributed by atoms with Gasteiger partial charge in [0.05, 0.1) is 24.7 Å². The predicted molar refractivity (Wildman–Crippen MR) is 103 cm³/mol. The highest BCUT2D eigenvalue weighted by Gasteiger charge is 2.58. The average molecular weight is 392 g/mol. The minimum atomic E-state index is -0.272. The van der Waals surface area contributed by atoms with Gasteiger partial charge in [0, 0.05) is 32.2 Å². The molecule has 4 saturated carbocycles. The number of piperidine rings is 1. The first-order valence-corrected chi connectivity index (χ1v) is 11.1. The molecule has 6 aliphatic rings. The lowest BCUT2D eigenvalue weighted by Crippen LogP contribution is -2.61. The van der Waals surface area contributed by atoms with Crippen LogP contribution in [0, 0.1) is 23.2 Å². The molecule has 4 aliphatic carbocycles. The molecule has 0 aromatic rings. The highest BCUT2D eigenvalue weighted by molar-refractivity contribution is 5.83. The first kappa shape index (κ1) is 18.7. The molecule has 7 heteroatoms. The predicted octanol–water partition coefficient (Wildman–Crippen LogP) is 1.21. The lowest BCUT2D eigenvalue weighted by Gasteiger charge is -2.58. The maximum Gasteiger partial charge on any atom is 0.320 e. The monoisotopic (exact) mass is 391 g/mol. The van der Waals surface area contributed by atoms with Crippen LogP contribution in [0.3, 0.4) is 0 Å². The minimum Gasteiger partial charge on any atom is -0.393 e. The third-order valence-electron chi connectivity index (χ3n) is 8.01. The number of nitrogens with one attached hydrogen (secondary N) is 1. The van der Waals surface area contributed by atoms with Crippen molar-refractivity contribution >= 4 is 11.9 Å². The van der Waals surface area contributed by atoms with Crippen LogP contribution in [0.25, 0.3) is 0 Å². The molecule has 7 nitrogen and oxygen atoms in total. The molecule has 6 rings (SSSR count). The molecule has 3 amide bonds. The average Bonchev–Trinajstić information content (AvgIpc) is 2.71. The van der Waals surface area contributed by atoms with E-state index in [9.17, 15) is 14.7 Å². The molecule has 2 aliphatic heterocycles. The lowest BCUT2D eigenvalue weighted by molar-refractivity contribution is -0.163. The van der Waals surface area contributed by atoms with Crippen molar-refractivity contribution in [1.29, 1.82) is 0 Å². The summed E-state index contributed by atoms with van der Waals surface area (Å²) in [6, 6.07) is 0.129. The van der Waals surface area contributed by atoms with E-state index in [4.69, 9.17) is 4.74 Å². The molecule has 6 fully saturated rings. The van der Waals surface area contributed by atoms with Crippen molar-refractivity contribution in [2.45, 2.75) is 57.1 Å². The summed E-state index contributed by atoms with van der Waals surface area (Å²) in [4.78, 5) is 29.9. The van der Waals surface area contributed by atoms with Crippen LogP contribution in [0.1, 0.15) is 44.9 Å². The fraction of sp³-hybridized carbons (Fsp3) is 0.905. The SMILES string of the molecule is O=C(N1CCOCC1)N1CCC[C@H](NC(=O)C23CC4CC(C2)C(O)C(C4)C3)C1. The molecule has 4 bridgehead atoms. The van der Waals surface area contributed by atoms with Crippen LogP contribution >= 0.6 is 0 Å². The maximum absolute atomic E-state index is 13.3.